The van der Waals surface area contributed by atoms with Crippen LogP contribution in [0.15, 0.2) is 102 Å². The van der Waals surface area contributed by atoms with Crippen LogP contribution in [0, 0.1) is 0 Å². The molecular formula is C29H23BrClNO5S. The molecule has 4 aromatic rings. The predicted molar refractivity (Wildman–Crippen MR) is 148 cm³/mol. The van der Waals surface area contributed by atoms with Crippen molar-refractivity contribution < 1.29 is 23.4 Å². The molecule has 1 aliphatic heterocycles. The summed E-state index contributed by atoms with van der Waals surface area (Å²) in [5.41, 5.74) is -2.18. The Morgan fingerprint density at radius 1 is 0.974 bits per heavy atom. The van der Waals surface area contributed by atoms with E-state index in [0.29, 0.717) is 16.7 Å². The van der Waals surface area contributed by atoms with Crippen molar-refractivity contribution in [2.45, 2.75) is 34.2 Å². The molecule has 6 nitrogen and oxygen atoms in total. The van der Waals surface area contributed by atoms with Crippen LogP contribution in [0.1, 0.15) is 28.3 Å². The number of hydrogen-bond donors (Lipinski definition) is 2. The predicted octanol–water partition coefficient (Wildman–Crippen LogP) is 5.11. The molecule has 5 unspecified atom stereocenters. The van der Waals surface area contributed by atoms with Gasteiger partial charge in [0.05, 0.1) is 16.7 Å². The molecule has 38 heavy (non-hydrogen) atoms. The van der Waals surface area contributed by atoms with E-state index in [4.69, 9.17) is 16.3 Å². The molecule has 0 amide bonds. The molecule has 1 aliphatic carbocycles. The Kier molecular flexibility index (Phi) is 6.16. The summed E-state index contributed by atoms with van der Waals surface area (Å²) in [6.45, 7) is 0. The lowest BCUT2D eigenvalue weighted by molar-refractivity contribution is -0.150. The van der Waals surface area contributed by atoms with Gasteiger partial charge >= 0.3 is 0 Å². The first-order valence-electron chi connectivity index (χ1n) is 12.0. The van der Waals surface area contributed by atoms with Crippen LogP contribution in [0.2, 0.25) is 5.02 Å². The number of fused-ring (bicyclic) bond motifs is 3. The van der Waals surface area contributed by atoms with E-state index in [9.17, 15) is 18.6 Å². The molecule has 6 rings (SSSR count). The van der Waals surface area contributed by atoms with Gasteiger partial charge in [0.2, 0.25) is 0 Å². The lowest BCUT2D eigenvalue weighted by Gasteiger charge is -2.40. The Balaban J connectivity index is 1.65. The minimum Gasteiger partial charge on any atom is -0.476 e. The Morgan fingerprint density at radius 3 is 2.26 bits per heavy atom. The highest BCUT2D eigenvalue weighted by Crippen LogP contribution is 2.67. The maximum Gasteiger partial charge on any atom is 0.182 e. The molecule has 1 aromatic heterocycles. The molecule has 1 saturated carbocycles. The topological polar surface area (TPSA) is 96.7 Å². The van der Waals surface area contributed by atoms with Gasteiger partial charge in [0, 0.05) is 16.7 Å². The van der Waals surface area contributed by atoms with Crippen molar-refractivity contribution in [3.63, 3.8) is 0 Å². The summed E-state index contributed by atoms with van der Waals surface area (Å²) in [5, 5.41) is 23.4. The van der Waals surface area contributed by atoms with Crippen LogP contribution in [0.25, 0.3) is 0 Å². The van der Waals surface area contributed by atoms with Crippen LogP contribution in [-0.4, -0.2) is 35.0 Å². The van der Waals surface area contributed by atoms with Crippen LogP contribution in [-0.2, 0) is 26.8 Å². The van der Waals surface area contributed by atoms with Crippen molar-refractivity contribution in [1.82, 2.24) is 4.98 Å². The van der Waals surface area contributed by atoms with Gasteiger partial charge < -0.3 is 14.9 Å². The van der Waals surface area contributed by atoms with E-state index in [1.807, 2.05) is 12.1 Å². The van der Waals surface area contributed by atoms with E-state index < -0.39 is 38.3 Å². The van der Waals surface area contributed by atoms with E-state index in [1.165, 1.54) is 12.3 Å². The molecule has 5 atom stereocenters. The third-order valence-electron chi connectivity index (χ3n) is 7.58. The van der Waals surface area contributed by atoms with E-state index >= 15 is 0 Å². The molecule has 0 bridgehead atoms. The van der Waals surface area contributed by atoms with Gasteiger partial charge in [-0.25, -0.2) is 8.42 Å². The number of aliphatic hydroxyl groups excluding tert-OH is 1. The highest BCUT2D eigenvalue weighted by molar-refractivity contribution is 9.10. The van der Waals surface area contributed by atoms with Crippen molar-refractivity contribution in [1.29, 1.82) is 0 Å². The van der Waals surface area contributed by atoms with Crippen LogP contribution >= 0.6 is 27.5 Å². The molecule has 0 saturated heterocycles. The fourth-order valence-electron chi connectivity index (χ4n) is 6.07. The van der Waals surface area contributed by atoms with Gasteiger partial charge in [-0.2, -0.15) is 0 Å². The van der Waals surface area contributed by atoms with Crippen molar-refractivity contribution >= 4 is 37.4 Å². The highest BCUT2D eigenvalue weighted by atomic mass is 79.9. The lowest BCUT2D eigenvalue weighted by atomic mass is 9.72. The number of hydrogen-bond acceptors (Lipinski definition) is 6. The molecule has 1 fully saturated rings. The molecule has 0 spiro atoms. The van der Waals surface area contributed by atoms with Gasteiger partial charge in [-0.15, -0.1) is 0 Å². The number of pyridine rings is 1. The first-order chi connectivity index (χ1) is 18.2. The van der Waals surface area contributed by atoms with Crippen LogP contribution in [0.5, 0.6) is 5.75 Å². The number of aromatic nitrogens is 1. The normalized spacial score (nSPS) is 27.9. The second-order valence-electron chi connectivity index (χ2n) is 9.70. The number of nitrogens with zero attached hydrogens (tertiary/aromatic N) is 1. The Labute approximate surface area is 233 Å². The monoisotopic (exact) mass is 611 g/mol. The third kappa shape index (κ3) is 3.66. The SMILES string of the molecule is O=S(=O)(Cc1ccccc1)C1C(O)C2(O)c3ncc(Cl)cc3OC2(c2ccc(Br)cc2)C1c1ccccc1. The molecule has 2 N–H and O–H groups in total. The van der Waals surface area contributed by atoms with Gasteiger partial charge in [0.1, 0.15) is 22.8 Å². The summed E-state index contributed by atoms with van der Waals surface area (Å²) >= 11 is 9.68. The molecule has 3 aromatic carbocycles. The molecule has 9 heteroatoms. The first-order valence-corrected chi connectivity index (χ1v) is 14.9. The minimum atomic E-state index is -4.06. The van der Waals surface area contributed by atoms with Gasteiger partial charge in [0.15, 0.2) is 21.0 Å². The number of halogens is 2. The maximum atomic E-state index is 14.2. The zero-order valence-corrected chi connectivity index (χ0v) is 23.1. The number of aliphatic hydroxyl groups is 2. The molecule has 2 heterocycles. The fourth-order valence-corrected chi connectivity index (χ4v) is 8.69. The van der Waals surface area contributed by atoms with Gasteiger partial charge in [-0.3, -0.25) is 4.98 Å². The standard InChI is InChI=1S/C29H23BrClNO5S/c30-21-13-11-20(12-14-21)29-24(19-9-5-2-6-10-19)25(38(35,36)17-18-7-3-1-4-8-18)27(33)28(29,34)26-23(37-29)15-22(31)16-32-26/h1-16,24-25,27,33-34H,17H2. The Bertz CT molecular complexity index is 1600. The Hall–Kier alpha value is -2.75. The maximum absolute atomic E-state index is 14.2. The van der Waals surface area contributed by atoms with Crippen LogP contribution < -0.4 is 4.74 Å². The van der Waals surface area contributed by atoms with Crippen LogP contribution in [0.3, 0.4) is 0 Å². The number of sulfone groups is 1. The van der Waals surface area contributed by atoms with Gasteiger partial charge in [0.25, 0.3) is 0 Å². The summed E-state index contributed by atoms with van der Waals surface area (Å²) < 4.78 is 35.8. The van der Waals surface area contributed by atoms with Crippen molar-refractivity contribution in [3.8, 4) is 5.75 Å². The van der Waals surface area contributed by atoms with Gasteiger partial charge in [-0.1, -0.05) is 100 Å². The quantitative estimate of drug-likeness (QED) is 0.325. The van der Waals surface area contributed by atoms with Crippen molar-refractivity contribution in [3.05, 3.63) is 129 Å². The van der Waals surface area contributed by atoms with Crippen molar-refractivity contribution in [2.24, 2.45) is 0 Å². The lowest BCUT2D eigenvalue weighted by Crippen LogP contribution is -2.52. The molecular weight excluding hydrogens is 590 g/mol. The average Bonchev–Trinajstić information content (AvgIpc) is 3.28. The summed E-state index contributed by atoms with van der Waals surface area (Å²) in [5.74, 6) is -1.11. The van der Waals surface area contributed by atoms with E-state index in [2.05, 4.69) is 20.9 Å². The molecule has 0 radical (unpaired) electrons. The minimum absolute atomic E-state index is 0.0515. The van der Waals surface area contributed by atoms with E-state index in [-0.39, 0.29) is 22.2 Å². The summed E-state index contributed by atoms with van der Waals surface area (Å²) in [6.07, 6.45) is -0.407. The zero-order chi connectivity index (χ0) is 26.7. The average molecular weight is 613 g/mol. The van der Waals surface area contributed by atoms with E-state index in [1.54, 1.807) is 72.8 Å². The zero-order valence-electron chi connectivity index (χ0n) is 19.9. The fraction of sp³-hybridized carbons (Fsp3) is 0.207. The number of rotatable bonds is 5. The second-order valence-corrected chi connectivity index (χ2v) is 13.2. The van der Waals surface area contributed by atoms with Gasteiger partial charge in [-0.05, 0) is 28.8 Å². The number of benzene rings is 3. The number of ether oxygens (including phenoxy) is 1. The highest BCUT2D eigenvalue weighted by Gasteiger charge is 2.78. The third-order valence-corrected chi connectivity index (χ3v) is 10.4. The van der Waals surface area contributed by atoms with Crippen molar-refractivity contribution in [2.75, 3.05) is 0 Å². The molecule has 194 valence electrons. The summed E-state index contributed by atoms with van der Waals surface area (Å²) in [4.78, 5) is 4.37. The Morgan fingerprint density at radius 2 is 1.61 bits per heavy atom. The van der Waals surface area contributed by atoms with Crippen LogP contribution in [0.4, 0.5) is 0 Å². The molecule has 2 aliphatic rings. The smallest absolute Gasteiger partial charge is 0.182 e. The van der Waals surface area contributed by atoms with E-state index in [0.717, 1.165) is 4.47 Å². The largest absolute Gasteiger partial charge is 0.476 e. The second kappa shape index (κ2) is 9.17. The first kappa shape index (κ1) is 25.5. The summed E-state index contributed by atoms with van der Waals surface area (Å²) in [6, 6.07) is 26.4. The summed E-state index contributed by atoms with van der Waals surface area (Å²) in [7, 11) is -4.06.